The molecule has 0 radical (unpaired) electrons. The third kappa shape index (κ3) is 2.73. The number of amides is 2. The van der Waals surface area contributed by atoms with Crippen LogP contribution in [0.3, 0.4) is 0 Å². The van der Waals surface area contributed by atoms with Gasteiger partial charge < -0.3 is 14.7 Å². The zero-order valence-electron chi connectivity index (χ0n) is 12.6. The molecule has 1 saturated heterocycles. The Balaban J connectivity index is 1.82. The number of benzene rings is 1. The molecule has 2 amide bonds. The fourth-order valence-corrected chi connectivity index (χ4v) is 2.94. The number of phenolic OH excluding ortho intramolecular Hbond substituents is 1. The molecule has 2 heterocycles. The minimum absolute atomic E-state index is 0.0182. The SMILES string of the molecule is CC1Oc2cc(O)ccc2N(CC(=O)N2CCCCC2)C1=O. The molecule has 0 spiro atoms. The monoisotopic (exact) mass is 304 g/mol. The van der Waals surface area contributed by atoms with Crippen LogP contribution in [0.4, 0.5) is 5.69 Å². The van der Waals surface area contributed by atoms with Gasteiger partial charge in [0.15, 0.2) is 6.10 Å². The third-order valence-corrected chi connectivity index (χ3v) is 4.15. The maximum absolute atomic E-state index is 12.4. The molecule has 0 bridgehead atoms. The molecule has 0 aliphatic carbocycles. The predicted molar refractivity (Wildman–Crippen MR) is 81.0 cm³/mol. The molecule has 6 nitrogen and oxygen atoms in total. The zero-order valence-corrected chi connectivity index (χ0v) is 12.6. The number of rotatable bonds is 2. The first-order chi connectivity index (χ1) is 10.6. The van der Waals surface area contributed by atoms with Crippen LogP contribution < -0.4 is 9.64 Å². The van der Waals surface area contributed by atoms with Crippen molar-refractivity contribution < 1.29 is 19.4 Å². The predicted octanol–water partition coefficient (Wildman–Crippen LogP) is 1.52. The van der Waals surface area contributed by atoms with E-state index in [1.165, 1.54) is 17.0 Å². The second-order valence-corrected chi connectivity index (χ2v) is 5.78. The van der Waals surface area contributed by atoms with Gasteiger partial charge in [0.2, 0.25) is 5.91 Å². The second-order valence-electron chi connectivity index (χ2n) is 5.78. The zero-order chi connectivity index (χ0) is 15.7. The number of ether oxygens (including phenoxy) is 1. The van der Waals surface area contributed by atoms with E-state index in [9.17, 15) is 14.7 Å². The summed E-state index contributed by atoms with van der Waals surface area (Å²) in [6.45, 7) is 3.18. The summed E-state index contributed by atoms with van der Waals surface area (Å²) in [5.41, 5.74) is 0.534. The summed E-state index contributed by atoms with van der Waals surface area (Å²) in [5, 5.41) is 9.55. The maximum Gasteiger partial charge on any atom is 0.268 e. The molecule has 6 heteroatoms. The summed E-state index contributed by atoms with van der Waals surface area (Å²) in [6, 6.07) is 4.57. The Kier molecular flexibility index (Phi) is 3.92. The standard InChI is InChI=1S/C16H20N2O4/c1-11-16(21)18(10-15(20)17-7-3-2-4-8-17)13-6-5-12(19)9-14(13)22-11/h5-6,9,11,19H,2-4,7-8,10H2,1H3. The van der Waals surface area contributed by atoms with E-state index >= 15 is 0 Å². The number of fused-ring (bicyclic) bond motifs is 1. The lowest BCUT2D eigenvalue weighted by molar-refractivity contribution is -0.133. The highest BCUT2D eigenvalue weighted by molar-refractivity contribution is 6.03. The van der Waals surface area contributed by atoms with Gasteiger partial charge in [0.1, 0.15) is 18.0 Å². The van der Waals surface area contributed by atoms with Crippen molar-refractivity contribution in [3.05, 3.63) is 18.2 Å². The smallest absolute Gasteiger partial charge is 0.268 e. The number of hydrogen-bond acceptors (Lipinski definition) is 4. The third-order valence-electron chi connectivity index (χ3n) is 4.15. The van der Waals surface area contributed by atoms with Crippen molar-refractivity contribution in [2.45, 2.75) is 32.3 Å². The van der Waals surface area contributed by atoms with Gasteiger partial charge in [-0.15, -0.1) is 0 Å². The Morgan fingerprint density at radius 3 is 2.77 bits per heavy atom. The molecule has 1 unspecified atom stereocenters. The largest absolute Gasteiger partial charge is 0.508 e. The van der Waals surface area contributed by atoms with Gasteiger partial charge in [-0.25, -0.2) is 0 Å². The van der Waals surface area contributed by atoms with Crippen LogP contribution in [0.5, 0.6) is 11.5 Å². The van der Waals surface area contributed by atoms with E-state index in [4.69, 9.17) is 4.74 Å². The van der Waals surface area contributed by atoms with Gasteiger partial charge in [-0.2, -0.15) is 0 Å². The molecular formula is C16H20N2O4. The van der Waals surface area contributed by atoms with Crippen LogP contribution >= 0.6 is 0 Å². The minimum Gasteiger partial charge on any atom is -0.508 e. The Hall–Kier alpha value is -2.24. The molecule has 0 saturated carbocycles. The van der Waals surface area contributed by atoms with Crippen molar-refractivity contribution in [1.82, 2.24) is 4.90 Å². The first kappa shape index (κ1) is 14.7. The number of carbonyl (C=O) groups is 2. The molecular weight excluding hydrogens is 284 g/mol. The van der Waals surface area contributed by atoms with E-state index in [1.807, 2.05) is 4.90 Å². The fourth-order valence-electron chi connectivity index (χ4n) is 2.94. The van der Waals surface area contributed by atoms with Crippen LogP contribution in [0.25, 0.3) is 0 Å². The van der Waals surface area contributed by atoms with Crippen LogP contribution in [0.2, 0.25) is 0 Å². The first-order valence-electron chi connectivity index (χ1n) is 7.65. The van der Waals surface area contributed by atoms with Crippen molar-refractivity contribution in [3.63, 3.8) is 0 Å². The molecule has 3 rings (SSSR count). The van der Waals surface area contributed by atoms with E-state index < -0.39 is 6.10 Å². The topological polar surface area (TPSA) is 70.1 Å². The van der Waals surface area contributed by atoms with Crippen LogP contribution in [0.15, 0.2) is 18.2 Å². The molecule has 118 valence electrons. The summed E-state index contributed by atoms with van der Waals surface area (Å²) in [5.74, 6) is 0.228. The van der Waals surface area contributed by atoms with Crippen LogP contribution in [0, 0.1) is 0 Å². The Morgan fingerprint density at radius 2 is 2.05 bits per heavy atom. The van der Waals surface area contributed by atoms with E-state index in [2.05, 4.69) is 0 Å². The van der Waals surface area contributed by atoms with E-state index in [0.29, 0.717) is 11.4 Å². The maximum atomic E-state index is 12.4. The van der Waals surface area contributed by atoms with E-state index in [1.54, 1.807) is 13.0 Å². The molecule has 1 aromatic rings. The number of anilines is 1. The number of piperidine rings is 1. The number of carbonyl (C=O) groups excluding carboxylic acids is 2. The van der Waals surface area contributed by atoms with Crippen molar-refractivity contribution >= 4 is 17.5 Å². The highest BCUT2D eigenvalue weighted by Crippen LogP contribution is 2.36. The molecule has 1 atom stereocenters. The van der Waals surface area contributed by atoms with Crippen molar-refractivity contribution in [1.29, 1.82) is 0 Å². The highest BCUT2D eigenvalue weighted by atomic mass is 16.5. The van der Waals surface area contributed by atoms with Crippen LogP contribution in [-0.2, 0) is 9.59 Å². The lowest BCUT2D eigenvalue weighted by atomic mass is 10.1. The van der Waals surface area contributed by atoms with Crippen LogP contribution in [-0.4, -0.2) is 47.6 Å². The highest BCUT2D eigenvalue weighted by Gasteiger charge is 2.34. The van der Waals surface area contributed by atoms with Gasteiger partial charge in [0.05, 0.1) is 5.69 Å². The fraction of sp³-hybridized carbons (Fsp3) is 0.500. The Morgan fingerprint density at radius 1 is 1.32 bits per heavy atom. The number of aromatic hydroxyl groups is 1. The van der Waals surface area contributed by atoms with Crippen molar-refractivity contribution in [2.75, 3.05) is 24.5 Å². The molecule has 2 aliphatic heterocycles. The van der Waals surface area contributed by atoms with E-state index in [-0.39, 0.29) is 24.1 Å². The van der Waals surface area contributed by atoms with Gasteiger partial charge in [-0.3, -0.25) is 14.5 Å². The Bertz CT molecular complexity index is 596. The number of hydrogen-bond donors (Lipinski definition) is 1. The first-order valence-corrected chi connectivity index (χ1v) is 7.65. The van der Waals surface area contributed by atoms with E-state index in [0.717, 1.165) is 32.4 Å². The molecule has 1 aromatic carbocycles. The minimum atomic E-state index is -0.663. The summed E-state index contributed by atoms with van der Waals surface area (Å²) in [4.78, 5) is 28.1. The van der Waals surface area contributed by atoms with Gasteiger partial charge in [0.25, 0.3) is 5.91 Å². The summed E-state index contributed by atoms with van der Waals surface area (Å²) in [7, 11) is 0. The van der Waals surface area contributed by atoms with Crippen LogP contribution in [0.1, 0.15) is 26.2 Å². The Labute approximate surface area is 129 Å². The molecule has 1 fully saturated rings. The van der Waals surface area contributed by atoms with Gasteiger partial charge in [0, 0.05) is 19.2 Å². The summed E-state index contributed by atoms with van der Waals surface area (Å²) >= 11 is 0. The number of nitrogens with zero attached hydrogens (tertiary/aromatic N) is 2. The summed E-state index contributed by atoms with van der Waals surface area (Å²) < 4.78 is 5.51. The van der Waals surface area contributed by atoms with Gasteiger partial charge >= 0.3 is 0 Å². The van der Waals surface area contributed by atoms with Crippen molar-refractivity contribution in [3.8, 4) is 11.5 Å². The molecule has 1 N–H and O–H groups in total. The lowest BCUT2D eigenvalue weighted by Crippen LogP contribution is -2.50. The summed E-state index contributed by atoms with van der Waals surface area (Å²) in [6.07, 6.45) is 2.52. The quantitative estimate of drug-likeness (QED) is 0.899. The van der Waals surface area contributed by atoms with Gasteiger partial charge in [-0.05, 0) is 38.3 Å². The van der Waals surface area contributed by atoms with Gasteiger partial charge in [-0.1, -0.05) is 0 Å². The lowest BCUT2D eigenvalue weighted by Gasteiger charge is -2.35. The molecule has 22 heavy (non-hydrogen) atoms. The second kappa shape index (κ2) is 5.87. The average Bonchev–Trinajstić information content (AvgIpc) is 2.52. The number of phenols is 1. The van der Waals surface area contributed by atoms with Crippen molar-refractivity contribution in [2.24, 2.45) is 0 Å². The average molecular weight is 304 g/mol. The molecule has 2 aliphatic rings. The normalized spacial score (nSPS) is 21.3. The number of likely N-dealkylation sites (tertiary alicyclic amines) is 1. The molecule has 0 aromatic heterocycles.